The highest BCUT2D eigenvalue weighted by atomic mass is 19.4. The van der Waals surface area contributed by atoms with Crippen molar-refractivity contribution in [3.8, 4) is 5.75 Å². The Balaban J connectivity index is 2.45. The molecule has 0 bridgehead atoms. The van der Waals surface area contributed by atoms with Crippen molar-refractivity contribution < 1.29 is 17.9 Å². The Hall–Kier alpha value is -1.98. The van der Waals surface area contributed by atoms with Gasteiger partial charge in [-0.2, -0.15) is 13.2 Å². The molecule has 0 unspecified atom stereocenters. The van der Waals surface area contributed by atoms with E-state index in [4.69, 9.17) is 4.74 Å². The van der Waals surface area contributed by atoms with Crippen molar-refractivity contribution in [3.63, 3.8) is 0 Å². The molecule has 0 saturated carbocycles. The fourth-order valence-electron chi connectivity index (χ4n) is 2.12. The smallest absolute Gasteiger partial charge is 0.422 e. The van der Waals surface area contributed by atoms with Gasteiger partial charge in [-0.05, 0) is 44.5 Å². The number of anilines is 1. The van der Waals surface area contributed by atoms with Crippen molar-refractivity contribution in [1.29, 1.82) is 0 Å². The van der Waals surface area contributed by atoms with Crippen LogP contribution in [0.4, 0.5) is 18.9 Å². The molecule has 21 heavy (non-hydrogen) atoms. The zero-order chi connectivity index (χ0) is 15.6. The SMILES string of the molecule is CCNc1c(C)c(C)nc2ccc(OCC(F)(F)F)cc12. The summed E-state index contributed by atoms with van der Waals surface area (Å²) in [7, 11) is 0. The van der Waals surface area contributed by atoms with Crippen LogP contribution >= 0.6 is 0 Å². The summed E-state index contributed by atoms with van der Waals surface area (Å²) in [5, 5.41) is 4.00. The topological polar surface area (TPSA) is 34.2 Å². The molecule has 1 aromatic heterocycles. The molecule has 0 aliphatic carbocycles. The number of hydrogen-bond donors (Lipinski definition) is 1. The zero-order valence-electron chi connectivity index (χ0n) is 12.1. The van der Waals surface area contributed by atoms with Crippen LogP contribution in [0.25, 0.3) is 10.9 Å². The molecule has 0 fully saturated rings. The Morgan fingerprint density at radius 2 is 1.95 bits per heavy atom. The molecule has 2 rings (SSSR count). The van der Waals surface area contributed by atoms with Gasteiger partial charge in [0.1, 0.15) is 5.75 Å². The molecule has 0 aliphatic rings. The number of benzene rings is 1. The summed E-state index contributed by atoms with van der Waals surface area (Å²) in [6.45, 7) is 5.22. The fraction of sp³-hybridized carbons (Fsp3) is 0.400. The minimum Gasteiger partial charge on any atom is -0.484 e. The van der Waals surface area contributed by atoms with Gasteiger partial charge in [-0.25, -0.2) is 0 Å². The van der Waals surface area contributed by atoms with Crippen LogP contribution in [0.15, 0.2) is 18.2 Å². The van der Waals surface area contributed by atoms with E-state index < -0.39 is 12.8 Å². The molecule has 0 atom stereocenters. The fourth-order valence-corrected chi connectivity index (χ4v) is 2.12. The number of nitrogens with zero attached hydrogens (tertiary/aromatic N) is 1. The molecule has 0 aliphatic heterocycles. The maximum absolute atomic E-state index is 12.2. The van der Waals surface area contributed by atoms with Crippen LogP contribution in [0.1, 0.15) is 18.2 Å². The first-order chi connectivity index (χ1) is 9.81. The zero-order valence-corrected chi connectivity index (χ0v) is 12.1. The van der Waals surface area contributed by atoms with Crippen LogP contribution in [-0.4, -0.2) is 24.3 Å². The number of rotatable bonds is 4. The van der Waals surface area contributed by atoms with Crippen LogP contribution in [0.3, 0.4) is 0 Å². The molecule has 0 saturated heterocycles. The van der Waals surface area contributed by atoms with E-state index in [-0.39, 0.29) is 5.75 Å². The van der Waals surface area contributed by atoms with Crippen LogP contribution in [0.5, 0.6) is 5.75 Å². The van der Waals surface area contributed by atoms with Gasteiger partial charge in [0.25, 0.3) is 0 Å². The number of halogens is 3. The minimum atomic E-state index is -4.35. The number of alkyl halides is 3. The van der Waals surface area contributed by atoms with E-state index in [1.165, 1.54) is 6.07 Å². The van der Waals surface area contributed by atoms with Gasteiger partial charge in [0.2, 0.25) is 0 Å². The molecule has 0 spiro atoms. The molecular weight excluding hydrogens is 281 g/mol. The van der Waals surface area contributed by atoms with E-state index in [0.29, 0.717) is 6.54 Å². The maximum atomic E-state index is 12.2. The second kappa shape index (κ2) is 5.79. The van der Waals surface area contributed by atoms with Gasteiger partial charge in [-0.1, -0.05) is 0 Å². The van der Waals surface area contributed by atoms with Crippen molar-refractivity contribution >= 4 is 16.6 Å². The average Bonchev–Trinajstić information content (AvgIpc) is 2.41. The summed E-state index contributed by atoms with van der Waals surface area (Å²) in [6.07, 6.45) is -4.35. The van der Waals surface area contributed by atoms with Crippen molar-refractivity contribution in [3.05, 3.63) is 29.5 Å². The molecule has 1 heterocycles. The minimum absolute atomic E-state index is 0.184. The van der Waals surface area contributed by atoms with E-state index in [2.05, 4.69) is 10.3 Å². The summed E-state index contributed by atoms with van der Waals surface area (Å²) < 4.78 is 41.5. The second-order valence-electron chi connectivity index (χ2n) is 4.81. The third-order valence-electron chi connectivity index (χ3n) is 3.20. The quantitative estimate of drug-likeness (QED) is 0.917. The summed E-state index contributed by atoms with van der Waals surface area (Å²) in [5.41, 5.74) is 3.49. The Morgan fingerprint density at radius 3 is 2.57 bits per heavy atom. The third kappa shape index (κ3) is 3.56. The van der Waals surface area contributed by atoms with Crippen molar-refractivity contribution in [2.24, 2.45) is 0 Å². The first-order valence-electron chi connectivity index (χ1n) is 6.66. The van der Waals surface area contributed by atoms with Gasteiger partial charge in [-0.3, -0.25) is 4.98 Å². The Labute approximate surface area is 121 Å². The van der Waals surface area contributed by atoms with Gasteiger partial charge in [0.15, 0.2) is 6.61 Å². The van der Waals surface area contributed by atoms with Gasteiger partial charge < -0.3 is 10.1 Å². The normalized spacial score (nSPS) is 11.7. The highest BCUT2D eigenvalue weighted by Gasteiger charge is 2.28. The summed E-state index contributed by atoms with van der Waals surface area (Å²) in [6, 6.07) is 4.78. The predicted molar refractivity (Wildman–Crippen MR) is 76.9 cm³/mol. The average molecular weight is 298 g/mol. The van der Waals surface area contributed by atoms with Gasteiger partial charge >= 0.3 is 6.18 Å². The monoisotopic (exact) mass is 298 g/mol. The van der Waals surface area contributed by atoms with Crippen LogP contribution in [-0.2, 0) is 0 Å². The number of ether oxygens (including phenoxy) is 1. The molecule has 0 radical (unpaired) electrons. The van der Waals surface area contributed by atoms with Crippen LogP contribution in [0.2, 0.25) is 0 Å². The number of aromatic nitrogens is 1. The molecule has 114 valence electrons. The highest BCUT2D eigenvalue weighted by Crippen LogP contribution is 2.31. The van der Waals surface area contributed by atoms with Crippen LogP contribution in [0, 0.1) is 13.8 Å². The van der Waals surface area contributed by atoms with Gasteiger partial charge in [0.05, 0.1) is 5.52 Å². The number of aryl methyl sites for hydroxylation is 1. The lowest BCUT2D eigenvalue weighted by Gasteiger charge is -2.15. The molecule has 6 heteroatoms. The van der Waals surface area contributed by atoms with Crippen molar-refractivity contribution in [1.82, 2.24) is 4.98 Å². The predicted octanol–water partition coefficient (Wildman–Crippen LogP) is 4.22. The number of fused-ring (bicyclic) bond motifs is 1. The molecular formula is C15H17F3N2O. The summed E-state index contributed by atoms with van der Waals surface area (Å²) in [4.78, 5) is 4.45. The standard InChI is InChI=1S/C15H17F3N2O/c1-4-19-14-9(2)10(3)20-13-6-5-11(7-12(13)14)21-8-15(16,17)18/h5-7H,4,8H2,1-3H3,(H,19,20). The largest absolute Gasteiger partial charge is 0.484 e. The van der Waals surface area contributed by atoms with Crippen molar-refractivity contribution in [2.45, 2.75) is 26.9 Å². The van der Waals surface area contributed by atoms with E-state index in [1.54, 1.807) is 12.1 Å². The Kier molecular flexibility index (Phi) is 4.25. The van der Waals surface area contributed by atoms with E-state index in [9.17, 15) is 13.2 Å². The maximum Gasteiger partial charge on any atom is 0.422 e. The lowest BCUT2D eigenvalue weighted by atomic mass is 10.1. The van der Waals surface area contributed by atoms with E-state index >= 15 is 0 Å². The summed E-state index contributed by atoms with van der Waals surface area (Å²) in [5.74, 6) is 0.184. The summed E-state index contributed by atoms with van der Waals surface area (Å²) >= 11 is 0. The van der Waals surface area contributed by atoms with Gasteiger partial charge in [-0.15, -0.1) is 0 Å². The van der Waals surface area contributed by atoms with Crippen molar-refractivity contribution in [2.75, 3.05) is 18.5 Å². The molecule has 1 aromatic carbocycles. The number of pyridine rings is 1. The van der Waals surface area contributed by atoms with E-state index in [0.717, 1.165) is 27.8 Å². The highest BCUT2D eigenvalue weighted by molar-refractivity contribution is 5.94. The molecule has 0 amide bonds. The third-order valence-corrected chi connectivity index (χ3v) is 3.20. The molecule has 2 aromatic rings. The van der Waals surface area contributed by atoms with E-state index in [1.807, 2.05) is 20.8 Å². The Morgan fingerprint density at radius 1 is 1.24 bits per heavy atom. The van der Waals surface area contributed by atoms with Crippen LogP contribution < -0.4 is 10.1 Å². The first-order valence-corrected chi connectivity index (χ1v) is 6.66. The Bertz CT molecular complexity index is 653. The number of hydrogen-bond acceptors (Lipinski definition) is 3. The number of nitrogens with one attached hydrogen (secondary N) is 1. The first kappa shape index (κ1) is 15.4. The second-order valence-corrected chi connectivity index (χ2v) is 4.81. The lowest BCUT2D eigenvalue weighted by Crippen LogP contribution is -2.19. The molecule has 1 N–H and O–H groups in total. The molecule has 3 nitrogen and oxygen atoms in total. The van der Waals surface area contributed by atoms with Gasteiger partial charge in [0, 0.05) is 23.3 Å². The lowest BCUT2D eigenvalue weighted by molar-refractivity contribution is -0.153.